The zero-order valence-corrected chi connectivity index (χ0v) is 16.2. The summed E-state index contributed by atoms with van der Waals surface area (Å²) >= 11 is 0. The Labute approximate surface area is 159 Å². The van der Waals surface area contributed by atoms with Gasteiger partial charge < -0.3 is 15.0 Å². The molecule has 0 spiro atoms. The third-order valence-corrected chi connectivity index (χ3v) is 6.40. The molecule has 0 radical (unpaired) electrons. The van der Waals surface area contributed by atoms with Crippen LogP contribution in [0.25, 0.3) is 0 Å². The van der Waals surface area contributed by atoms with Gasteiger partial charge in [0, 0.05) is 18.3 Å². The van der Waals surface area contributed by atoms with Crippen LogP contribution in [0.1, 0.15) is 23.8 Å². The molecule has 0 aliphatic carbocycles. The molecule has 1 aromatic carbocycles. The molecule has 144 valence electrons. The van der Waals surface area contributed by atoms with Crippen molar-refractivity contribution in [2.24, 2.45) is 0 Å². The zero-order valence-electron chi connectivity index (χ0n) is 15.4. The van der Waals surface area contributed by atoms with Gasteiger partial charge in [-0.15, -0.1) is 0 Å². The summed E-state index contributed by atoms with van der Waals surface area (Å²) in [5, 5.41) is 2.79. The fourth-order valence-corrected chi connectivity index (χ4v) is 4.96. The molecule has 1 aliphatic heterocycles. The summed E-state index contributed by atoms with van der Waals surface area (Å²) in [5.74, 6) is 0.798. The minimum Gasteiger partial charge on any atom is -0.497 e. The van der Waals surface area contributed by atoms with Crippen LogP contribution < -0.4 is 15.0 Å². The molecule has 1 unspecified atom stereocenters. The third kappa shape index (κ3) is 4.57. The molecule has 7 nitrogen and oxygen atoms in total. The highest BCUT2D eigenvalue weighted by Gasteiger charge is 2.32. The van der Waals surface area contributed by atoms with Gasteiger partial charge in [0.1, 0.15) is 11.4 Å². The number of benzene rings is 1. The highest BCUT2D eigenvalue weighted by molar-refractivity contribution is 7.91. The summed E-state index contributed by atoms with van der Waals surface area (Å²) in [6, 6.07) is 10.5. The number of nitrogens with one attached hydrogen (secondary N) is 1. The normalized spacial score (nSPS) is 18.1. The number of nitrogens with zero attached hydrogens (tertiary/aromatic N) is 2. The fraction of sp³-hybridized carbons (Fsp3) is 0.368. The minimum atomic E-state index is -2.95. The van der Waals surface area contributed by atoms with Crippen molar-refractivity contribution in [1.29, 1.82) is 0 Å². The second-order valence-electron chi connectivity index (χ2n) is 6.43. The van der Waals surface area contributed by atoms with Gasteiger partial charge in [-0.05, 0) is 49.7 Å². The molecule has 1 aliphatic rings. The largest absolute Gasteiger partial charge is 0.497 e. The van der Waals surface area contributed by atoms with E-state index in [1.54, 1.807) is 43.6 Å². The number of pyridine rings is 1. The van der Waals surface area contributed by atoms with E-state index in [0.29, 0.717) is 30.1 Å². The van der Waals surface area contributed by atoms with Gasteiger partial charge in [0.15, 0.2) is 9.84 Å². The molecule has 27 heavy (non-hydrogen) atoms. The van der Waals surface area contributed by atoms with E-state index in [2.05, 4.69) is 10.3 Å². The van der Waals surface area contributed by atoms with Crippen LogP contribution in [-0.4, -0.2) is 50.5 Å². The second-order valence-corrected chi connectivity index (χ2v) is 8.66. The molecule has 1 fully saturated rings. The summed E-state index contributed by atoms with van der Waals surface area (Å²) in [6.45, 7) is 2.66. The quantitative estimate of drug-likeness (QED) is 0.816. The van der Waals surface area contributed by atoms with E-state index in [9.17, 15) is 13.2 Å². The lowest BCUT2D eigenvalue weighted by molar-refractivity contribution is 0.102. The van der Waals surface area contributed by atoms with Gasteiger partial charge in [0.25, 0.3) is 5.91 Å². The molecule has 1 saturated heterocycles. The van der Waals surface area contributed by atoms with Crippen molar-refractivity contribution in [1.82, 2.24) is 4.98 Å². The van der Waals surface area contributed by atoms with Crippen LogP contribution in [0, 0.1) is 0 Å². The molecule has 0 saturated carbocycles. The van der Waals surface area contributed by atoms with Crippen molar-refractivity contribution in [3.8, 4) is 5.75 Å². The molecule has 1 N–H and O–H groups in total. The topological polar surface area (TPSA) is 88.6 Å². The first-order chi connectivity index (χ1) is 12.9. The van der Waals surface area contributed by atoms with Gasteiger partial charge in [-0.1, -0.05) is 0 Å². The van der Waals surface area contributed by atoms with Crippen LogP contribution in [0.4, 0.5) is 11.4 Å². The number of ether oxygens (including phenoxy) is 1. The Morgan fingerprint density at radius 1 is 1.26 bits per heavy atom. The van der Waals surface area contributed by atoms with Crippen molar-refractivity contribution in [3.05, 3.63) is 48.3 Å². The number of hydrogen-bond donors (Lipinski definition) is 1. The molecule has 2 heterocycles. The predicted octanol–water partition coefficient (Wildman–Crippen LogP) is 2.36. The number of carbonyl (C=O) groups excluding carboxylic acids is 1. The minimum absolute atomic E-state index is 0.0409. The second kappa shape index (κ2) is 7.96. The monoisotopic (exact) mass is 389 g/mol. The lowest BCUT2D eigenvalue weighted by Crippen LogP contribution is -2.36. The van der Waals surface area contributed by atoms with Crippen LogP contribution >= 0.6 is 0 Å². The maximum Gasteiger partial charge on any atom is 0.274 e. The lowest BCUT2D eigenvalue weighted by Gasteiger charge is -2.28. The van der Waals surface area contributed by atoms with E-state index >= 15 is 0 Å². The first-order valence-corrected chi connectivity index (χ1v) is 10.6. The molecular formula is C19H23N3O4S. The SMILES string of the molecule is CCN(c1ccc(C(=O)Nc2ccc(OC)cc2)nc1)C1CCS(=O)(=O)C1. The van der Waals surface area contributed by atoms with E-state index < -0.39 is 9.84 Å². The van der Waals surface area contributed by atoms with Crippen molar-refractivity contribution >= 4 is 27.1 Å². The maximum absolute atomic E-state index is 12.4. The zero-order chi connectivity index (χ0) is 19.4. The van der Waals surface area contributed by atoms with Crippen molar-refractivity contribution in [3.63, 3.8) is 0 Å². The predicted molar refractivity (Wildman–Crippen MR) is 105 cm³/mol. The van der Waals surface area contributed by atoms with Crippen molar-refractivity contribution in [2.45, 2.75) is 19.4 Å². The molecular weight excluding hydrogens is 366 g/mol. The molecule has 2 aromatic rings. The maximum atomic E-state index is 12.4. The standard InChI is InChI=1S/C19H23N3O4S/c1-3-22(16-10-11-27(24,25)13-16)15-6-9-18(20-12-15)19(23)21-14-4-7-17(26-2)8-5-14/h4-9,12,16H,3,10-11,13H2,1-2H3,(H,21,23). The third-order valence-electron chi connectivity index (χ3n) is 4.65. The van der Waals surface area contributed by atoms with Gasteiger partial charge in [0.05, 0.1) is 30.5 Å². The number of amides is 1. The van der Waals surface area contributed by atoms with E-state index in [0.717, 1.165) is 5.69 Å². The lowest BCUT2D eigenvalue weighted by atomic mass is 10.2. The Hall–Kier alpha value is -2.61. The number of anilines is 2. The fourth-order valence-electron chi connectivity index (χ4n) is 3.23. The highest BCUT2D eigenvalue weighted by Crippen LogP contribution is 2.24. The molecule has 8 heteroatoms. The summed E-state index contributed by atoms with van der Waals surface area (Å²) in [6.07, 6.45) is 2.24. The van der Waals surface area contributed by atoms with E-state index in [1.165, 1.54) is 0 Å². The highest BCUT2D eigenvalue weighted by atomic mass is 32.2. The van der Waals surface area contributed by atoms with Gasteiger partial charge in [-0.2, -0.15) is 0 Å². The molecule has 0 bridgehead atoms. The average molecular weight is 389 g/mol. The first-order valence-electron chi connectivity index (χ1n) is 8.80. The molecule has 3 rings (SSSR count). The van der Waals surface area contributed by atoms with Crippen LogP contribution in [-0.2, 0) is 9.84 Å². The van der Waals surface area contributed by atoms with E-state index in [4.69, 9.17) is 4.74 Å². The first kappa shape index (κ1) is 19.2. The average Bonchev–Trinajstić information content (AvgIpc) is 3.03. The Morgan fingerprint density at radius 2 is 2.00 bits per heavy atom. The van der Waals surface area contributed by atoms with Gasteiger partial charge in [0.2, 0.25) is 0 Å². The summed E-state index contributed by atoms with van der Waals surface area (Å²) in [4.78, 5) is 18.7. The van der Waals surface area contributed by atoms with Crippen molar-refractivity contribution < 1.29 is 17.9 Å². The number of aromatic nitrogens is 1. The van der Waals surface area contributed by atoms with Crippen LogP contribution in [0.2, 0.25) is 0 Å². The number of hydrogen-bond acceptors (Lipinski definition) is 6. The Morgan fingerprint density at radius 3 is 2.52 bits per heavy atom. The summed E-state index contributed by atoms with van der Waals surface area (Å²) in [7, 11) is -1.37. The van der Waals surface area contributed by atoms with Crippen LogP contribution in [0.5, 0.6) is 5.75 Å². The van der Waals surface area contributed by atoms with E-state index in [1.807, 2.05) is 17.9 Å². The van der Waals surface area contributed by atoms with Gasteiger partial charge in [-0.3, -0.25) is 4.79 Å². The number of methoxy groups -OCH3 is 1. The Balaban J connectivity index is 1.69. The van der Waals surface area contributed by atoms with Crippen molar-refractivity contribution in [2.75, 3.05) is 35.4 Å². The van der Waals surface area contributed by atoms with Gasteiger partial charge >= 0.3 is 0 Å². The van der Waals surface area contributed by atoms with Crippen LogP contribution in [0.3, 0.4) is 0 Å². The molecule has 1 aromatic heterocycles. The summed E-state index contributed by atoms with van der Waals surface area (Å²) in [5.41, 5.74) is 1.77. The Kier molecular flexibility index (Phi) is 5.65. The van der Waals surface area contributed by atoms with Gasteiger partial charge in [-0.25, -0.2) is 13.4 Å². The number of sulfone groups is 1. The smallest absolute Gasteiger partial charge is 0.274 e. The Bertz CT molecular complexity index is 896. The van der Waals surface area contributed by atoms with Crippen LogP contribution in [0.15, 0.2) is 42.6 Å². The van der Waals surface area contributed by atoms with E-state index in [-0.39, 0.29) is 23.5 Å². The molecule has 1 amide bonds. The number of carbonyl (C=O) groups is 1. The molecule has 1 atom stereocenters. The summed E-state index contributed by atoms with van der Waals surface area (Å²) < 4.78 is 28.6. The number of rotatable bonds is 6.